The van der Waals surface area contributed by atoms with Gasteiger partial charge in [-0.25, -0.2) is 9.07 Å². The van der Waals surface area contributed by atoms with Crippen LogP contribution in [0.5, 0.6) is 0 Å². The number of aromatic nitrogens is 3. The maximum absolute atomic E-state index is 14.8. The van der Waals surface area contributed by atoms with E-state index in [2.05, 4.69) is 21.3 Å². The molecule has 0 aliphatic carbocycles. The van der Waals surface area contributed by atoms with Crippen molar-refractivity contribution in [1.82, 2.24) is 24.8 Å². The molecule has 0 spiro atoms. The van der Waals surface area contributed by atoms with Crippen LogP contribution in [0, 0.1) is 5.82 Å². The number of hydrogen-bond acceptors (Lipinski definition) is 7. The lowest BCUT2D eigenvalue weighted by Gasteiger charge is -2.41. The third-order valence-corrected chi connectivity index (χ3v) is 10.1. The molecule has 1 atom stereocenters. The van der Waals surface area contributed by atoms with Crippen molar-refractivity contribution in [2.75, 3.05) is 31.1 Å². The second kappa shape index (κ2) is 13.4. The minimum absolute atomic E-state index is 0.00678. The summed E-state index contributed by atoms with van der Waals surface area (Å²) >= 11 is 5.97. The van der Waals surface area contributed by atoms with Gasteiger partial charge in [-0.05, 0) is 72.7 Å². The minimum Gasteiger partial charge on any atom is -0.371 e. The van der Waals surface area contributed by atoms with Gasteiger partial charge in [0, 0.05) is 56.3 Å². The molecule has 0 bridgehead atoms. The van der Waals surface area contributed by atoms with Crippen LogP contribution < -0.4 is 10.6 Å². The van der Waals surface area contributed by atoms with Crippen LogP contribution in [0.4, 0.5) is 10.1 Å². The molecule has 1 unspecified atom stereocenters. The van der Waals surface area contributed by atoms with Crippen molar-refractivity contribution in [3.63, 3.8) is 0 Å². The number of ketones is 1. The molecule has 2 saturated heterocycles. The Morgan fingerprint density at radius 3 is 2.37 bits per heavy atom. The third-order valence-electron chi connectivity index (χ3n) is 9.83. The largest absolute Gasteiger partial charge is 0.371 e. The smallest absolute Gasteiger partial charge is 0.276 e. The van der Waals surface area contributed by atoms with Crippen LogP contribution in [0.15, 0.2) is 66.9 Å². The van der Waals surface area contributed by atoms with Gasteiger partial charge in [-0.2, -0.15) is 0 Å². The number of hydrogen-bond donors (Lipinski definition) is 1. The van der Waals surface area contributed by atoms with Gasteiger partial charge < -0.3 is 20.4 Å². The summed E-state index contributed by atoms with van der Waals surface area (Å²) in [5, 5.41) is 7.95. The normalized spacial score (nSPS) is 18.1. The van der Waals surface area contributed by atoms with Crippen LogP contribution in [0.2, 0.25) is 5.02 Å². The number of amides is 3. The Morgan fingerprint density at radius 2 is 1.65 bits per heavy atom. The summed E-state index contributed by atoms with van der Waals surface area (Å²) in [7, 11) is 0. The Kier molecular flexibility index (Phi) is 8.89. The average molecular weight is 684 g/mol. The zero-order chi connectivity index (χ0) is 34.2. The Morgan fingerprint density at radius 1 is 0.918 bits per heavy atom. The van der Waals surface area contributed by atoms with Gasteiger partial charge in [-0.15, -0.1) is 5.10 Å². The number of likely N-dealkylation sites (tertiary alicyclic amines) is 1. The number of anilines is 1. The standard InChI is InChI=1S/C36H35ClFN7O4/c37-27-5-2-7-30(33(27)38)45-21-28(40-41-45)36(49)44-19-15-25-26(34(44)31(46)20-22-9-11-23(12-10-22)35(39)48)4-1-6-29(25)42-17-13-24(14-18-42)43-16-3-8-32(43)47/h1-2,4-7,9-12,21,24,34H,3,8,13-20H2,(H2,39,48). The second-order valence-electron chi connectivity index (χ2n) is 12.7. The summed E-state index contributed by atoms with van der Waals surface area (Å²) in [5.74, 6) is -1.74. The molecular weight excluding hydrogens is 649 g/mol. The number of halogens is 2. The van der Waals surface area contributed by atoms with E-state index in [1.54, 1.807) is 30.3 Å². The van der Waals surface area contributed by atoms with Gasteiger partial charge in [0.15, 0.2) is 17.3 Å². The quantitative estimate of drug-likeness (QED) is 0.293. The molecule has 4 heterocycles. The number of carbonyl (C=O) groups is 4. The molecule has 3 amide bonds. The summed E-state index contributed by atoms with van der Waals surface area (Å²) in [6.07, 6.45) is 5.13. The second-order valence-corrected chi connectivity index (χ2v) is 13.1. The van der Waals surface area contributed by atoms with Gasteiger partial charge in [0.1, 0.15) is 11.7 Å². The molecule has 0 radical (unpaired) electrons. The lowest BCUT2D eigenvalue weighted by atomic mass is 9.86. The summed E-state index contributed by atoms with van der Waals surface area (Å²) in [6.45, 7) is 2.63. The molecule has 1 aromatic heterocycles. The van der Waals surface area contributed by atoms with Crippen molar-refractivity contribution in [3.8, 4) is 5.69 Å². The number of primary amides is 1. The highest BCUT2D eigenvalue weighted by Gasteiger charge is 2.39. The number of rotatable bonds is 8. The van der Waals surface area contributed by atoms with Crippen molar-refractivity contribution >= 4 is 40.8 Å². The van der Waals surface area contributed by atoms with Crippen molar-refractivity contribution in [1.29, 1.82) is 0 Å². The summed E-state index contributed by atoms with van der Waals surface area (Å²) < 4.78 is 15.9. The number of Topliss-reactive ketones (excluding diaryl/α,β-unsaturated/α-hetero) is 1. The Labute approximate surface area is 287 Å². The van der Waals surface area contributed by atoms with E-state index in [0.717, 1.165) is 60.4 Å². The highest BCUT2D eigenvalue weighted by atomic mass is 35.5. The molecular formula is C36H35ClFN7O4. The molecule has 3 aromatic carbocycles. The zero-order valence-corrected chi connectivity index (χ0v) is 27.5. The first-order valence-electron chi connectivity index (χ1n) is 16.4. The number of piperidine rings is 1. The highest BCUT2D eigenvalue weighted by Crippen LogP contribution is 2.39. The molecule has 11 nitrogen and oxygen atoms in total. The van der Waals surface area contributed by atoms with Gasteiger partial charge in [-0.1, -0.05) is 47.1 Å². The molecule has 4 aromatic rings. The Balaban J connectivity index is 1.19. The fraction of sp³-hybridized carbons (Fsp3) is 0.333. The predicted octanol–water partition coefficient (Wildman–Crippen LogP) is 4.30. The van der Waals surface area contributed by atoms with Crippen molar-refractivity contribution in [3.05, 3.63) is 106 Å². The minimum atomic E-state index is -0.931. The third kappa shape index (κ3) is 6.28. The lowest BCUT2D eigenvalue weighted by Crippen LogP contribution is -2.47. The molecule has 13 heteroatoms. The van der Waals surface area contributed by atoms with Crippen LogP contribution in [-0.2, 0) is 22.4 Å². The first-order chi connectivity index (χ1) is 23.7. The van der Waals surface area contributed by atoms with Gasteiger partial charge in [0.05, 0.1) is 11.2 Å². The Bertz CT molecular complexity index is 1940. The monoisotopic (exact) mass is 683 g/mol. The molecule has 2 N–H and O–H groups in total. The van der Waals surface area contributed by atoms with Crippen LogP contribution >= 0.6 is 11.6 Å². The molecule has 0 saturated carbocycles. The van der Waals surface area contributed by atoms with Gasteiger partial charge in [-0.3, -0.25) is 19.2 Å². The topological polar surface area (TPSA) is 135 Å². The fourth-order valence-corrected chi connectivity index (χ4v) is 7.54. The summed E-state index contributed by atoms with van der Waals surface area (Å²) in [5.41, 5.74) is 9.18. The zero-order valence-electron chi connectivity index (χ0n) is 26.7. The predicted molar refractivity (Wildman–Crippen MR) is 180 cm³/mol. The van der Waals surface area contributed by atoms with E-state index in [4.69, 9.17) is 17.3 Å². The van der Waals surface area contributed by atoms with E-state index in [0.29, 0.717) is 24.0 Å². The number of fused-ring (bicyclic) bond motifs is 1. The molecule has 7 rings (SSSR count). The molecule has 2 fully saturated rings. The molecule has 252 valence electrons. The molecule has 3 aliphatic rings. The summed E-state index contributed by atoms with van der Waals surface area (Å²) in [4.78, 5) is 58.2. The lowest BCUT2D eigenvalue weighted by molar-refractivity contribution is -0.130. The highest BCUT2D eigenvalue weighted by molar-refractivity contribution is 6.30. The first kappa shape index (κ1) is 32.4. The Hall–Kier alpha value is -5.10. The SMILES string of the molecule is NC(=O)c1ccc(CC(=O)C2c3cccc(N4CCC(N5CCCC5=O)CC4)c3CCN2C(=O)c2cn(-c3cccc(Cl)c3F)nn2)cc1. The van der Waals surface area contributed by atoms with Gasteiger partial charge >= 0.3 is 0 Å². The van der Waals surface area contributed by atoms with Gasteiger partial charge in [0.2, 0.25) is 11.8 Å². The summed E-state index contributed by atoms with van der Waals surface area (Å²) in [6, 6.07) is 16.2. The maximum Gasteiger partial charge on any atom is 0.276 e. The van der Waals surface area contributed by atoms with E-state index in [1.165, 1.54) is 23.2 Å². The van der Waals surface area contributed by atoms with Crippen molar-refractivity contribution in [2.45, 2.75) is 50.6 Å². The van der Waals surface area contributed by atoms with E-state index in [9.17, 15) is 23.6 Å². The first-order valence-corrected chi connectivity index (χ1v) is 16.8. The number of benzene rings is 3. The number of carbonyl (C=O) groups excluding carboxylic acids is 4. The van der Waals surface area contributed by atoms with Crippen molar-refractivity contribution in [2.24, 2.45) is 5.73 Å². The van der Waals surface area contributed by atoms with E-state index in [1.807, 2.05) is 17.0 Å². The van der Waals surface area contributed by atoms with E-state index < -0.39 is 23.7 Å². The molecule has 49 heavy (non-hydrogen) atoms. The van der Waals surface area contributed by atoms with Crippen LogP contribution in [0.3, 0.4) is 0 Å². The van der Waals surface area contributed by atoms with Crippen LogP contribution in [0.25, 0.3) is 5.69 Å². The van der Waals surface area contributed by atoms with E-state index >= 15 is 0 Å². The maximum atomic E-state index is 14.8. The number of nitrogens with zero attached hydrogens (tertiary/aromatic N) is 6. The fourth-order valence-electron chi connectivity index (χ4n) is 7.37. The van der Waals surface area contributed by atoms with Gasteiger partial charge in [0.25, 0.3) is 5.91 Å². The number of nitrogens with two attached hydrogens (primary N) is 1. The van der Waals surface area contributed by atoms with E-state index in [-0.39, 0.29) is 47.1 Å². The molecule has 3 aliphatic heterocycles. The average Bonchev–Trinajstić information content (AvgIpc) is 3.78. The van der Waals surface area contributed by atoms with Crippen LogP contribution in [0.1, 0.15) is 69.3 Å². The van der Waals surface area contributed by atoms with Crippen LogP contribution in [-0.4, -0.2) is 80.5 Å². The van der Waals surface area contributed by atoms with Crippen molar-refractivity contribution < 1.29 is 23.6 Å².